The van der Waals surface area contributed by atoms with Gasteiger partial charge in [0.15, 0.2) is 0 Å². The molecule has 3 aliphatic carbocycles. The number of benzene rings is 3. The van der Waals surface area contributed by atoms with Gasteiger partial charge >= 0.3 is 5.97 Å². The molecule has 3 fully saturated rings. The summed E-state index contributed by atoms with van der Waals surface area (Å²) in [5.74, 6) is 3.36. The third-order valence-electron chi connectivity index (χ3n) is 9.18. The van der Waals surface area contributed by atoms with Crippen molar-refractivity contribution in [1.82, 2.24) is 0 Å². The lowest BCUT2D eigenvalue weighted by Gasteiger charge is -2.54. The summed E-state index contributed by atoms with van der Waals surface area (Å²) in [7, 11) is -0.677. The van der Waals surface area contributed by atoms with E-state index in [2.05, 4.69) is 86.6 Å². The molecule has 0 heterocycles. The minimum Gasteiger partial charge on any atom is -0.426 e. The highest BCUT2D eigenvalue weighted by molar-refractivity contribution is 8.17. The summed E-state index contributed by atoms with van der Waals surface area (Å²) in [5, 5.41) is 0. The van der Waals surface area contributed by atoms with Gasteiger partial charge in [0, 0.05) is 0 Å². The van der Waals surface area contributed by atoms with Crippen molar-refractivity contribution in [3.05, 3.63) is 83.9 Å². The van der Waals surface area contributed by atoms with Crippen molar-refractivity contribution in [1.29, 1.82) is 0 Å². The van der Waals surface area contributed by atoms with Gasteiger partial charge in [-0.15, -0.1) is 0 Å². The molecular formula is C33H38O2S. The van der Waals surface area contributed by atoms with Gasteiger partial charge in [0.05, 0.1) is 6.42 Å². The van der Waals surface area contributed by atoms with Crippen molar-refractivity contribution in [3.63, 3.8) is 0 Å². The Morgan fingerprint density at radius 3 is 2.11 bits per heavy atom. The smallest absolute Gasteiger partial charge is 0.311 e. The van der Waals surface area contributed by atoms with Crippen molar-refractivity contribution in [2.24, 2.45) is 23.2 Å². The number of carbonyl (C=O) groups excluding carboxylic acids is 1. The zero-order valence-electron chi connectivity index (χ0n) is 21.6. The lowest BCUT2D eigenvalue weighted by Crippen LogP contribution is -2.45. The third-order valence-corrected chi connectivity index (χ3v) is 11.6. The molecule has 0 aromatic heterocycles. The molecule has 0 saturated heterocycles. The predicted octanol–water partition coefficient (Wildman–Crippen LogP) is 8.68. The van der Waals surface area contributed by atoms with E-state index in [9.17, 15) is 4.79 Å². The van der Waals surface area contributed by atoms with E-state index in [0.29, 0.717) is 6.42 Å². The predicted molar refractivity (Wildman–Crippen MR) is 148 cm³/mol. The maximum absolute atomic E-state index is 13.3. The SMILES string of the molecule is Cc1cc([SH](c2ccccc2)c2ccccc2)cc(C)c1OC(=O)CC12CCC3CCC(CC3C1)C2. The van der Waals surface area contributed by atoms with Crippen LogP contribution < -0.4 is 4.74 Å². The molecular weight excluding hydrogens is 460 g/mol. The van der Waals surface area contributed by atoms with E-state index >= 15 is 0 Å². The van der Waals surface area contributed by atoms with Gasteiger partial charge in [0.1, 0.15) is 5.75 Å². The fraction of sp³-hybridized carbons (Fsp3) is 0.424. The number of carbonyl (C=O) groups is 1. The zero-order chi connectivity index (χ0) is 24.7. The fourth-order valence-electron chi connectivity index (χ4n) is 7.69. The number of esters is 1. The van der Waals surface area contributed by atoms with Crippen LogP contribution in [0.2, 0.25) is 0 Å². The highest BCUT2D eigenvalue weighted by Crippen LogP contribution is 2.59. The van der Waals surface area contributed by atoms with Crippen LogP contribution in [0.5, 0.6) is 5.75 Å². The van der Waals surface area contributed by atoms with Gasteiger partial charge in [0.2, 0.25) is 0 Å². The Balaban J connectivity index is 1.24. The summed E-state index contributed by atoms with van der Waals surface area (Å²) >= 11 is 0. The van der Waals surface area contributed by atoms with Crippen molar-refractivity contribution >= 4 is 16.9 Å². The van der Waals surface area contributed by atoms with E-state index in [0.717, 1.165) is 34.6 Å². The lowest BCUT2D eigenvalue weighted by molar-refractivity contribution is -0.141. The summed E-state index contributed by atoms with van der Waals surface area (Å²) in [4.78, 5) is 17.3. The Hall–Kier alpha value is -2.52. The monoisotopic (exact) mass is 498 g/mol. The Labute approximate surface area is 218 Å². The summed E-state index contributed by atoms with van der Waals surface area (Å²) in [6, 6.07) is 26.0. The number of hydrogen-bond donors (Lipinski definition) is 1. The largest absolute Gasteiger partial charge is 0.426 e. The number of hydrogen-bond acceptors (Lipinski definition) is 2. The Bertz CT molecular complexity index is 1170. The highest BCUT2D eigenvalue weighted by Gasteiger charge is 2.50. The molecule has 4 atom stereocenters. The van der Waals surface area contributed by atoms with Gasteiger partial charge < -0.3 is 4.74 Å². The van der Waals surface area contributed by atoms with E-state index in [1.54, 1.807) is 0 Å². The first-order valence-corrected chi connectivity index (χ1v) is 15.1. The van der Waals surface area contributed by atoms with Gasteiger partial charge in [-0.25, -0.2) is 0 Å². The van der Waals surface area contributed by atoms with E-state index in [4.69, 9.17) is 4.74 Å². The molecule has 0 N–H and O–H groups in total. The number of thiol groups is 1. The van der Waals surface area contributed by atoms with E-state index < -0.39 is 10.9 Å². The average molecular weight is 499 g/mol. The second-order valence-corrected chi connectivity index (χ2v) is 13.9. The number of rotatable bonds is 6. The van der Waals surface area contributed by atoms with Gasteiger partial charge in [0.25, 0.3) is 0 Å². The minimum atomic E-state index is -0.677. The molecule has 3 aromatic carbocycles. The maximum Gasteiger partial charge on any atom is 0.311 e. The lowest BCUT2D eigenvalue weighted by atomic mass is 9.51. The van der Waals surface area contributed by atoms with Gasteiger partial charge in [-0.3, -0.25) is 4.79 Å². The minimum absolute atomic E-state index is 0.0271. The standard InChI is InChI=1S/C33H38O2S/c1-23-17-30(36(28-9-5-3-6-10-28)29-11-7-4-8-12-29)18-24(2)32(23)35-31(34)22-33-16-15-26-14-13-25(20-33)19-27(26)21-33/h3-12,17-18,25-27,36H,13-16,19-22H2,1-2H3. The van der Waals surface area contributed by atoms with Crippen LogP contribution >= 0.6 is 10.9 Å². The molecule has 3 heteroatoms. The second kappa shape index (κ2) is 9.74. The van der Waals surface area contributed by atoms with Crippen molar-refractivity contribution < 1.29 is 9.53 Å². The first-order valence-electron chi connectivity index (χ1n) is 13.7. The van der Waals surface area contributed by atoms with E-state index in [1.165, 1.54) is 59.6 Å². The number of ether oxygens (including phenoxy) is 1. The van der Waals surface area contributed by atoms with E-state index in [-0.39, 0.29) is 11.4 Å². The Kier molecular flexibility index (Phi) is 6.46. The Morgan fingerprint density at radius 1 is 0.833 bits per heavy atom. The first-order chi connectivity index (χ1) is 17.5. The van der Waals surface area contributed by atoms with Crippen molar-refractivity contribution in [3.8, 4) is 5.75 Å². The topological polar surface area (TPSA) is 26.3 Å². The molecule has 4 unspecified atom stereocenters. The molecule has 0 aliphatic heterocycles. The van der Waals surface area contributed by atoms with Crippen LogP contribution in [0.4, 0.5) is 0 Å². The summed E-state index contributed by atoms with van der Waals surface area (Å²) in [5.41, 5.74) is 2.30. The molecule has 3 aliphatic rings. The van der Waals surface area contributed by atoms with Gasteiger partial charge in [-0.05, 0) is 138 Å². The molecule has 3 aromatic rings. The van der Waals surface area contributed by atoms with Gasteiger partial charge in [-0.1, -0.05) is 42.8 Å². The summed E-state index contributed by atoms with van der Waals surface area (Å²) in [6.07, 6.45) is 9.83. The number of aryl methyl sites for hydroxylation is 2. The third kappa shape index (κ3) is 4.63. The molecule has 3 saturated carbocycles. The van der Waals surface area contributed by atoms with Crippen LogP contribution in [-0.4, -0.2) is 5.97 Å². The fourth-order valence-corrected chi connectivity index (χ4v) is 10.2. The molecule has 0 amide bonds. The molecule has 6 rings (SSSR count). The summed E-state index contributed by atoms with van der Waals surface area (Å²) in [6.45, 7) is 4.19. The van der Waals surface area contributed by atoms with Crippen LogP contribution in [0.15, 0.2) is 87.5 Å². The van der Waals surface area contributed by atoms with Crippen LogP contribution in [0.25, 0.3) is 0 Å². The molecule has 3 bridgehead atoms. The summed E-state index contributed by atoms with van der Waals surface area (Å²) < 4.78 is 6.16. The van der Waals surface area contributed by atoms with Gasteiger partial charge in [-0.2, -0.15) is 10.9 Å². The van der Waals surface area contributed by atoms with Crippen molar-refractivity contribution in [2.45, 2.75) is 79.9 Å². The van der Waals surface area contributed by atoms with Crippen LogP contribution in [0.1, 0.15) is 62.5 Å². The molecule has 188 valence electrons. The number of fused-ring (bicyclic) bond motifs is 2. The molecule has 0 radical (unpaired) electrons. The van der Waals surface area contributed by atoms with Crippen LogP contribution in [0, 0.1) is 37.0 Å². The van der Waals surface area contributed by atoms with Crippen LogP contribution in [-0.2, 0) is 4.79 Å². The maximum atomic E-state index is 13.3. The molecule has 0 spiro atoms. The van der Waals surface area contributed by atoms with Crippen molar-refractivity contribution in [2.75, 3.05) is 0 Å². The second-order valence-electron chi connectivity index (χ2n) is 11.7. The average Bonchev–Trinajstić information content (AvgIpc) is 2.87. The first kappa shape index (κ1) is 23.9. The highest BCUT2D eigenvalue weighted by atomic mass is 32.2. The molecule has 36 heavy (non-hydrogen) atoms. The normalized spacial score (nSPS) is 26.9. The Morgan fingerprint density at radius 2 is 1.47 bits per heavy atom. The van der Waals surface area contributed by atoms with Crippen LogP contribution in [0.3, 0.4) is 0 Å². The zero-order valence-corrected chi connectivity index (χ0v) is 22.5. The molecule has 2 nitrogen and oxygen atoms in total. The quantitative estimate of drug-likeness (QED) is 0.209. The van der Waals surface area contributed by atoms with E-state index in [1.807, 2.05) is 0 Å².